The van der Waals surface area contributed by atoms with Crippen molar-refractivity contribution in [1.29, 1.82) is 0 Å². The third-order valence-corrected chi connectivity index (χ3v) is 2.39. The van der Waals surface area contributed by atoms with Gasteiger partial charge >= 0.3 is 0 Å². The summed E-state index contributed by atoms with van der Waals surface area (Å²) in [6, 6.07) is 11.7. The Hall–Kier alpha value is -2.36. The number of aryl methyl sites for hydroxylation is 1. The van der Waals surface area contributed by atoms with E-state index in [1.54, 1.807) is 6.20 Å². The number of hydrogen-bond acceptors (Lipinski definition) is 4. The van der Waals surface area contributed by atoms with Crippen molar-refractivity contribution in [3.05, 3.63) is 53.7 Å². The van der Waals surface area contributed by atoms with Crippen molar-refractivity contribution in [3.8, 4) is 0 Å². The fourth-order valence-corrected chi connectivity index (χ4v) is 1.50. The van der Waals surface area contributed by atoms with Crippen LogP contribution in [0.25, 0.3) is 0 Å². The van der Waals surface area contributed by atoms with Crippen LogP contribution < -0.4 is 5.32 Å². The molecule has 1 aromatic heterocycles. The predicted octanol–water partition coefficient (Wildman–Crippen LogP) is 2.94. The maximum atomic E-state index is 8.47. The Balaban J connectivity index is 2.21. The standard InChI is InChI=1S/C13H13N3O/c1-10-7-13(14-8-11(10)9-15-17)16-12-5-3-2-4-6-12/h2-9,17H,1H3,(H,14,16)/b15-9+. The topological polar surface area (TPSA) is 57.5 Å². The average molecular weight is 227 g/mol. The number of anilines is 2. The predicted molar refractivity (Wildman–Crippen MR) is 68.1 cm³/mol. The summed E-state index contributed by atoms with van der Waals surface area (Å²) in [6.45, 7) is 1.94. The highest BCUT2D eigenvalue weighted by Crippen LogP contribution is 2.16. The van der Waals surface area contributed by atoms with E-state index in [1.807, 2.05) is 43.3 Å². The second kappa shape index (κ2) is 5.12. The first-order valence-corrected chi connectivity index (χ1v) is 5.26. The second-order valence-electron chi connectivity index (χ2n) is 3.66. The number of pyridine rings is 1. The van der Waals surface area contributed by atoms with E-state index in [-0.39, 0.29) is 0 Å². The molecule has 0 radical (unpaired) electrons. The molecule has 0 aliphatic carbocycles. The molecule has 0 aliphatic heterocycles. The van der Waals surface area contributed by atoms with Gasteiger partial charge in [-0.25, -0.2) is 4.98 Å². The average Bonchev–Trinajstić information content (AvgIpc) is 2.34. The number of rotatable bonds is 3. The minimum atomic E-state index is 0.767. The third kappa shape index (κ3) is 2.81. The van der Waals surface area contributed by atoms with Gasteiger partial charge in [0.1, 0.15) is 5.82 Å². The first kappa shape index (κ1) is 11.1. The highest BCUT2D eigenvalue weighted by molar-refractivity contribution is 5.81. The Bertz CT molecular complexity index is 523. The molecule has 2 rings (SSSR count). The molecule has 0 amide bonds. The Morgan fingerprint density at radius 2 is 2.06 bits per heavy atom. The van der Waals surface area contributed by atoms with Crippen molar-refractivity contribution in [2.45, 2.75) is 6.92 Å². The minimum absolute atomic E-state index is 0.767. The van der Waals surface area contributed by atoms with E-state index in [2.05, 4.69) is 15.5 Å². The molecule has 4 heteroatoms. The van der Waals surface area contributed by atoms with Gasteiger partial charge < -0.3 is 10.5 Å². The molecule has 0 saturated carbocycles. The van der Waals surface area contributed by atoms with Gasteiger partial charge in [-0.15, -0.1) is 0 Å². The molecule has 1 aromatic carbocycles. The van der Waals surface area contributed by atoms with Gasteiger partial charge in [-0.3, -0.25) is 0 Å². The molecule has 0 unspecified atom stereocenters. The summed E-state index contributed by atoms with van der Waals surface area (Å²) in [5.74, 6) is 0.767. The zero-order valence-corrected chi connectivity index (χ0v) is 9.46. The van der Waals surface area contributed by atoms with Crippen molar-refractivity contribution < 1.29 is 5.21 Å². The zero-order valence-electron chi connectivity index (χ0n) is 9.46. The van der Waals surface area contributed by atoms with Gasteiger partial charge in [-0.1, -0.05) is 23.4 Å². The van der Waals surface area contributed by atoms with E-state index in [0.717, 1.165) is 22.6 Å². The lowest BCUT2D eigenvalue weighted by Gasteiger charge is -2.07. The molecule has 0 aliphatic rings. The molecule has 4 nitrogen and oxygen atoms in total. The van der Waals surface area contributed by atoms with Crippen LogP contribution in [0, 0.1) is 6.92 Å². The first-order chi connectivity index (χ1) is 8.29. The maximum absolute atomic E-state index is 8.47. The normalized spacial score (nSPS) is 10.6. The van der Waals surface area contributed by atoms with Crippen LogP contribution in [0.5, 0.6) is 0 Å². The molecule has 0 saturated heterocycles. The van der Waals surface area contributed by atoms with Crippen LogP contribution in [0.1, 0.15) is 11.1 Å². The Morgan fingerprint density at radius 3 is 2.71 bits per heavy atom. The van der Waals surface area contributed by atoms with Gasteiger partial charge in [0.25, 0.3) is 0 Å². The lowest BCUT2D eigenvalue weighted by Crippen LogP contribution is -1.96. The fourth-order valence-electron chi connectivity index (χ4n) is 1.50. The molecule has 2 N–H and O–H groups in total. The number of oxime groups is 1. The monoisotopic (exact) mass is 227 g/mol. The largest absolute Gasteiger partial charge is 0.411 e. The molecule has 86 valence electrons. The number of aromatic nitrogens is 1. The summed E-state index contributed by atoms with van der Waals surface area (Å²) in [4.78, 5) is 4.24. The zero-order chi connectivity index (χ0) is 12.1. The Kier molecular flexibility index (Phi) is 3.35. The lowest BCUT2D eigenvalue weighted by molar-refractivity contribution is 0.322. The number of para-hydroxylation sites is 1. The number of nitrogens with one attached hydrogen (secondary N) is 1. The SMILES string of the molecule is Cc1cc(Nc2ccccc2)ncc1/C=N/O. The summed E-state index contributed by atoms with van der Waals surface area (Å²) in [6.07, 6.45) is 3.04. The first-order valence-electron chi connectivity index (χ1n) is 5.26. The quantitative estimate of drug-likeness (QED) is 0.481. The van der Waals surface area contributed by atoms with Crippen LogP contribution in [0.15, 0.2) is 47.8 Å². The molecule has 0 fully saturated rings. The van der Waals surface area contributed by atoms with Crippen molar-refractivity contribution >= 4 is 17.7 Å². The fraction of sp³-hybridized carbons (Fsp3) is 0.0769. The van der Waals surface area contributed by atoms with Crippen LogP contribution in [-0.4, -0.2) is 16.4 Å². The van der Waals surface area contributed by atoms with Gasteiger partial charge in [0.05, 0.1) is 6.21 Å². The van der Waals surface area contributed by atoms with Gasteiger partial charge in [-0.05, 0) is 30.7 Å². The van der Waals surface area contributed by atoms with E-state index >= 15 is 0 Å². The summed E-state index contributed by atoms with van der Waals surface area (Å²) in [5.41, 5.74) is 2.78. The van der Waals surface area contributed by atoms with Crippen LogP contribution in [-0.2, 0) is 0 Å². The molecule has 0 atom stereocenters. The number of nitrogens with zero attached hydrogens (tertiary/aromatic N) is 2. The van der Waals surface area contributed by atoms with Crippen LogP contribution in [0.3, 0.4) is 0 Å². The van der Waals surface area contributed by atoms with E-state index in [0.29, 0.717) is 0 Å². The number of hydrogen-bond donors (Lipinski definition) is 2. The van der Waals surface area contributed by atoms with E-state index < -0.39 is 0 Å². The molecule has 0 bridgehead atoms. The van der Waals surface area contributed by atoms with E-state index in [1.165, 1.54) is 6.21 Å². The Morgan fingerprint density at radius 1 is 1.29 bits per heavy atom. The minimum Gasteiger partial charge on any atom is -0.411 e. The van der Waals surface area contributed by atoms with E-state index in [4.69, 9.17) is 5.21 Å². The van der Waals surface area contributed by atoms with Gasteiger partial charge in [-0.2, -0.15) is 0 Å². The number of benzene rings is 1. The maximum Gasteiger partial charge on any atom is 0.130 e. The van der Waals surface area contributed by atoms with Crippen molar-refractivity contribution in [2.24, 2.45) is 5.16 Å². The van der Waals surface area contributed by atoms with E-state index in [9.17, 15) is 0 Å². The molecular weight excluding hydrogens is 214 g/mol. The summed E-state index contributed by atoms with van der Waals surface area (Å²) in [5, 5.41) is 14.7. The van der Waals surface area contributed by atoms with Gasteiger partial charge in [0.15, 0.2) is 0 Å². The molecular formula is C13H13N3O. The summed E-state index contributed by atoms with van der Waals surface area (Å²) >= 11 is 0. The highest BCUT2D eigenvalue weighted by Gasteiger charge is 2.00. The third-order valence-electron chi connectivity index (χ3n) is 2.39. The summed E-state index contributed by atoms with van der Waals surface area (Å²) < 4.78 is 0. The van der Waals surface area contributed by atoms with Crippen molar-refractivity contribution in [2.75, 3.05) is 5.32 Å². The van der Waals surface area contributed by atoms with Crippen molar-refractivity contribution in [1.82, 2.24) is 4.98 Å². The van der Waals surface area contributed by atoms with Gasteiger partial charge in [0, 0.05) is 17.4 Å². The highest BCUT2D eigenvalue weighted by atomic mass is 16.4. The molecule has 17 heavy (non-hydrogen) atoms. The lowest BCUT2D eigenvalue weighted by atomic mass is 10.2. The van der Waals surface area contributed by atoms with Crippen LogP contribution in [0.4, 0.5) is 11.5 Å². The summed E-state index contributed by atoms with van der Waals surface area (Å²) in [7, 11) is 0. The second-order valence-corrected chi connectivity index (χ2v) is 3.66. The molecule has 2 aromatic rings. The molecule has 0 spiro atoms. The molecule has 1 heterocycles. The smallest absolute Gasteiger partial charge is 0.130 e. The van der Waals surface area contributed by atoms with Crippen molar-refractivity contribution in [3.63, 3.8) is 0 Å². The van der Waals surface area contributed by atoms with Crippen LogP contribution >= 0.6 is 0 Å². The Labute approximate surface area is 99.6 Å². The van der Waals surface area contributed by atoms with Gasteiger partial charge in [0.2, 0.25) is 0 Å². The van der Waals surface area contributed by atoms with Crippen LogP contribution in [0.2, 0.25) is 0 Å².